The number of nitrogens with zero attached hydrogens (tertiary/aromatic N) is 1. The third-order valence-electron chi connectivity index (χ3n) is 3.73. The van der Waals surface area contributed by atoms with Crippen LogP contribution in [0, 0.1) is 0 Å². The van der Waals surface area contributed by atoms with Crippen molar-refractivity contribution in [2.45, 2.75) is 25.9 Å². The highest BCUT2D eigenvalue weighted by Gasteiger charge is 2.18. The van der Waals surface area contributed by atoms with E-state index in [4.69, 9.17) is 4.74 Å². The molecule has 0 unspecified atom stereocenters. The van der Waals surface area contributed by atoms with E-state index in [9.17, 15) is 0 Å². The topological polar surface area (TPSA) is 24.5 Å². The molecule has 1 heterocycles. The van der Waals surface area contributed by atoms with Gasteiger partial charge in [0.2, 0.25) is 0 Å². The Morgan fingerprint density at radius 3 is 3.05 bits per heavy atom. The summed E-state index contributed by atoms with van der Waals surface area (Å²) in [5.74, 6) is 0.956. The Kier molecular flexibility index (Phi) is 5.00. The van der Waals surface area contributed by atoms with Crippen molar-refractivity contribution < 1.29 is 4.74 Å². The molecule has 0 bridgehead atoms. The van der Waals surface area contributed by atoms with Crippen molar-refractivity contribution in [3.8, 4) is 5.75 Å². The standard InChI is InChI=1S/C16H24N2O/c1-4-5-15-10-14(6-7-16(15)19-3)12-18-9-8-17-11-13(18)2/h4,6-7,10,13,17H,1,5,8-9,11-12H2,2-3H3/t13-/m1/s1. The zero-order valence-electron chi connectivity index (χ0n) is 12.0. The number of hydrogen-bond donors (Lipinski definition) is 1. The fourth-order valence-corrected chi connectivity index (χ4v) is 2.60. The van der Waals surface area contributed by atoms with E-state index in [0.29, 0.717) is 6.04 Å². The molecule has 0 spiro atoms. The summed E-state index contributed by atoms with van der Waals surface area (Å²) in [4.78, 5) is 2.52. The second-order valence-corrected chi connectivity index (χ2v) is 5.16. The van der Waals surface area contributed by atoms with Crippen LogP contribution >= 0.6 is 0 Å². The van der Waals surface area contributed by atoms with Crippen LogP contribution < -0.4 is 10.1 Å². The van der Waals surface area contributed by atoms with Gasteiger partial charge in [0.1, 0.15) is 5.75 Å². The van der Waals surface area contributed by atoms with E-state index in [-0.39, 0.29) is 0 Å². The Morgan fingerprint density at radius 1 is 1.53 bits per heavy atom. The maximum atomic E-state index is 5.39. The molecule has 2 rings (SSSR count). The van der Waals surface area contributed by atoms with Crippen LogP contribution in [0.3, 0.4) is 0 Å². The lowest BCUT2D eigenvalue weighted by Gasteiger charge is -2.34. The monoisotopic (exact) mass is 260 g/mol. The van der Waals surface area contributed by atoms with Gasteiger partial charge >= 0.3 is 0 Å². The second-order valence-electron chi connectivity index (χ2n) is 5.16. The van der Waals surface area contributed by atoms with Crippen LogP contribution in [0.1, 0.15) is 18.1 Å². The Bertz CT molecular complexity index is 431. The van der Waals surface area contributed by atoms with Gasteiger partial charge in [0.15, 0.2) is 0 Å². The van der Waals surface area contributed by atoms with Crippen LogP contribution in [0.2, 0.25) is 0 Å². The first kappa shape index (κ1) is 14.1. The molecule has 0 aliphatic carbocycles. The summed E-state index contributed by atoms with van der Waals surface area (Å²) in [5, 5.41) is 3.43. The highest BCUT2D eigenvalue weighted by molar-refractivity contribution is 5.38. The summed E-state index contributed by atoms with van der Waals surface area (Å²) < 4.78 is 5.39. The van der Waals surface area contributed by atoms with Crippen molar-refractivity contribution >= 4 is 0 Å². The van der Waals surface area contributed by atoms with Gasteiger partial charge in [0, 0.05) is 32.2 Å². The summed E-state index contributed by atoms with van der Waals surface area (Å²) in [6.07, 6.45) is 2.78. The zero-order chi connectivity index (χ0) is 13.7. The van der Waals surface area contributed by atoms with E-state index < -0.39 is 0 Å². The van der Waals surface area contributed by atoms with Crippen LogP contribution in [0.15, 0.2) is 30.9 Å². The lowest BCUT2D eigenvalue weighted by molar-refractivity contribution is 0.165. The normalized spacial score (nSPS) is 20.2. The van der Waals surface area contributed by atoms with Crippen molar-refractivity contribution in [1.82, 2.24) is 10.2 Å². The third-order valence-corrected chi connectivity index (χ3v) is 3.73. The van der Waals surface area contributed by atoms with Gasteiger partial charge in [0.05, 0.1) is 7.11 Å². The van der Waals surface area contributed by atoms with E-state index in [0.717, 1.165) is 38.3 Å². The van der Waals surface area contributed by atoms with E-state index >= 15 is 0 Å². The highest BCUT2D eigenvalue weighted by atomic mass is 16.5. The molecule has 3 heteroatoms. The summed E-state index contributed by atoms with van der Waals surface area (Å²) >= 11 is 0. The smallest absolute Gasteiger partial charge is 0.122 e. The molecule has 1 saturated heterocycles. The molecule has 1 atom stereocenters. The lowest BCUT2D eigenvalue weighted by Crippen LogP contribution is -2.49. The Labute approximate surface area is 116 Å². The minimum atomic E-state index is 0.596. The molecule has 0 saturated carbocycles. The van der Waals surface area contributed by atoms with Crippen LogP contribution in [-0.2, 0) is 13.0 Å². The fourth-order valence-electron chi connectivity index (χ4n) is 2.60. The molecule has 1 aliphatic rings. The second kappa shape index (κ2) is 6.73. The van der Waals surface area contributed by atoms with Crippen molar-refractivity contribution in [2.75, 3.05) is 26.7 Å². The predicted octanol–water partition coefficient (Wildman–Crippen LogP) is 2.22. The average Bonchev–Trinajstić information content (AvgIpc) is 2.42. The Hall–Kier alpha value is -1.32. The minimum Gasteiger partial charge on any atom is -0.496 e. The summed E-state index contributed by atoms with van der Waals surface area (Å²) in [7, 11) is 1.72. The Balaban J connectivity index is 2.11. The number of nitrogens with one attached hydrogen (secondary N) is 1. The summed E-state index contributed by atoms with van der Waals surface area (Å²) in [5.41, 5.74) is 2.57. The maximum absolute atomic E-state index is 5.39. The average molecular weight is 260 g/mol. The van der Waals surface area contributed by atoms with E-state index in [1.54, 1.807) is 7.11 Å². The molecule has 104 valence electrons. The first-order valence-corrected chi connectivity index (χ1v) is 6.96. The lowest BCUT2D eigenvalue weighted by atomic mass is 10.1. The largest absolute Gasteiger partial charge is 0.496 e. The van der Waals surface area contributed by atoms with Crippen LogP contribution in [-0.4, -0.2) is 37.7 Å². The van der Waals surface area contributed by atoms with Gasteiger partial charge in [-0.3, -0.25) is 4.90 Å². The number of methoxy groups -OCH3 is 1. The van der Waals surface area contributed by atoms with Crippen molar-refractivity contribution in [3.63, 3.8) is 0 Å². The molecule has 1 fully saturated rings. The number of benzene rings is 1. The van der Waals surface area contributed by atoms with Gasteiger partial charge in [-0.25, -0.2) is 0 Å². The van der Waals surface area contributed by atoms with E-state index in [2.05, 4.69) is 41.9 Å². The molecule has 1 aromatic rings. The molecule has 0 radical (unpaired) electrons. The van der Waals surface area contributed by atoms with Gasteiger partial charge in [-0.15, -0.1) is 6.58 Å². The fraction of sp³-hybridized carbons (Fsp3) is 0.500. The van der Waals surface area contributed by atoms with E-state index in [1.807, 2.05) is 6.08 Å². The number of piperazine rings is 1. The third kappa shape index (κ3) is 3.58. The summed E-state index contributed by atoms with van der Waals surface area (Å²) in [6, 6.07) is 7.08. The van der Waals surface area contributed by atoms with Gasteiger partial charge in [-0.2, -0.15) is 0 Å². The van der Waals surface area contributed by atoms with Crippen LogP contribution in [0.4, 0.5) is 0 Å². The number of rotatable bonds is 5. The van der Waals surface area contributed by atoms with E-state index in [1.165, 1.54) is 11.1 Å². The predicted molar refractivity (Wildman–Crippen MR) is 79.6 cm³/mol. The molecule has 3 nitrogen and oxygen atoms in total. The van der Waals surface area contributed by atoms with Crippen molar-refractivity contribution in [3.05, 3.63) is 42.0 Å². The number of ether oxygens (including phenoxy) is 1. The first-order valence-electron chi connectivity index (χ1n) is 6.96. The van der Waals surface area contributed by atoms with Crippen LogP contribution in [0.25, 0.3) is 0 Å². The molecule has 1 aromatic carbocycles. The molecule has 19 heavy (non-hydrogen) atoms. The molecule has 0 amide bonds. The highest BCUT2D eigenvalue weighted by Crippen LogP contribution is 2.22. The SMILES string of the molecule is C=CCc1cc(CN2CCNC[C@H]2C)ccc1OC. The first-order chi connectivity index (χ1) is 9.24. The molecule has 1 aliphatic heterocycles. The molecule has 0 aromatic heterocycles. The van der Waals surface area contributed by atoms with Gasteiger partial charge in [0.25, 0.3) is 0 Å². The van der Waals surface area contributed by atoms with Crippen molar-refractivity contribution in [2.24, 2.45) is 0 Å². The van der Waals surface area contributed by atoms with Gasteiger partial charge in [-0.1, -0.05) is 18.2 Å². The molecular weight excluding hydrogens is 236 g/mol. The van der Waals surface area contributed by atoms with Gasteiger partial charge < -0.3 is 10.1 Å². The molecule has 1 N–H and O–H groups in total. The van der Waals surface area contributed by atoms with Crippen molar-refractivity contribution in [1.29, 1.82) is 0 Å². The number of hydrogen-bond acceptors (Lipinski definition) is 3. The number of allylic oxidation sites excluding steroid dienone is 1. The summed E-state index contributed by atoms with van der Waals surface area (Å²) in [6.45, 7) is 10.4. The van der Waals surface area contributed by atoms with Crippen LogP contribution in [0.5, 0.6) is 5.75 Å². The minimum absolute atomic E-state index is 0.596. The molecular formula is C16H24N2O. The maximum Gasteiger partial charge on any atom is 0.122 e. The van der Waals surface area contributed by atoms with Gasteiger partial charge in [-0.05, 0) is 30.5 Å². The zero-order valence-corrected chi connectivity index (χ0v) is 12.0. The Morgan fingerprint density at radius 2 is 2.37 bits per heavy atom. The quantitative estimate of drug-likeness (QED) is 0.822.